The van der Waals surface area contributed by atoms with Crippen LogP contribution in [0.5, 0.6) is 0 Å². The van der Waals surface area contributed by atoms with Crippen molar-refractivity contribution in [3.05, 3.63) is 74.7 Å². The lowest BCUT2D eigenvalue weighted by Crippen LogP contribution is -2.15. The fourth-order valence-corrected chi connectivity index (χ4v) is 5.98. The Labute approximate surface area is 237 Å². The SMILES string of the molecule is CCCCC(CCc1cccc2c1CCc1sc(NC(=O)c3cc(F)c(/C=C(\C)C(=O)O)c(F)c3)nc1-2)OCC. The van der Waals surface area contributed by atoms with Crippen molar-refractivity contribution in [1.82, 2.24) is 4.98 Å². The molecule has 1 aromatic heterocycles. The van der Waals surface area contributed by atoms with Gasteiger partial charge in [-0.05, 0) is 75.3 Å². The van der Waals surface area contributed by atoms with Gasteiger partial charge in [-0.1, -0.05) is 38.0 Å². The first-order chi connectivity index (χ1) is 19.2. The third-order valence-electron chi connectivity index (χ3n) is 7.11. The normalized spacial score (nSPS) is 13.5. The molecular formula is C31H34F2N2O4S. The van der Waals surface area contributed by atoms with E-state index in [0.29, 0.717) is 11.7 Å². The van der Waals surface area contributed by atoms with Crippen molar-refractivity contribution in [2.45, 2.75) is 71.8 Å². The highest BCUT2D eigenvalue weighted by Crippen LogP contribution is 2.40. The molecular weight excluding hydrogens is 534 g/mol. The molecule has 1 atom stereocenters. The lowest BCUT2D eigenvalue weighted by atomic mass is 9.87. The second-order valence-corrected chi connectivity index (χ2v) is 11.0. The minimum atomic E-state index is -1.29. The summed E-state index contributed by atoms with van der Waals surface area (Å²) in [4.78, 5) is 29.6. The van der Waals surface area contributed by atoms with Crippen LogP contribution in [0.25, 0.3) is 17.3 Å². The Hall–Kier alpha value is -3.43. The molecule has 1 heterocycles. The van der Waals surface area contributed by atoms with E-state index in [1.807, 2.05) is 13.0 Å². The Morgan fingerprint density at radius 3 is 2.60 bits per heavy atom. The number of nitrogens with zero attached hydrogens (tertiary/aromatic N) is 1. The van der Waals surface area contributed by atoms with Gasteiger partial charge in [0.25, 0.3) is 5.91 Å². The predicted molar refractivity (Wildman–Crippen MR) is 154 cm³/mol. The predicted octanol–water partition coefficient (Wildman–Crippen LogP) is 7.46. The van der Waals surface area contributed by atoms with E-state index in [0.717, 1.165) is 79.3 Å². The molecule has 0 aliphatic heterocycles. The van der Waals surface area contributed by atoms with Crippen LogP contribution in [-0.2, 0) is 28.8 Å². The highest BCUT2D eigenvalue weighted by Gasteiger charge is 2.24. The van der Waals surface area contributed by atoms with Gasteiger partial charge in [0, 0.05) is 33.7 Å². The molecule has 1 amide bonds. The van der Waals surface area contributed by atoms with Gasteiger partial charge in [-0.15, -0.1) is 11.3 Å². The third-order valence-corrected chi connectivity index (χ3v) is 8.14. The number of carbonyl (C=O) groups excluding carboxylic acids is 1. The molecule has 6 nitrogen and oxygen atoms in total. The van der Waals surface area contributed by atoms with E-state index in [1.54, 1.807) is 0 Å². The van der Waals surface area contributed by atoms with E-state index in [1.165, 1.54) is 29.4 Å². The van der Waals surface area contributed by atoms with Crippen LogP contribution in [0.15, 0.2) is 35.9 Å². The monoisotopic (exact) mass is 568 g/mol. The number of ether oxygens (including phenoxy) is 1. The number of hydrogen-bond acceptors (Lipinski definition) is 5. The number of hydrogen-bond donors (Lipinski definition) is 2. The fraction of sp³-hybridized carbons (Fsp3) is 0.387. The molecule has 2 N–H and O–H groups in total. The molecule has 0 bridgehead atoms. The average molecular weight is 569 g/mol. The lowest BCUT2D eigenvalue weighted by molar-refractivity contribution is -0.132. The van der Waals surface area contributed by atoms with Crippen LogP contribution < -0.4 is 5.32 Å². The molecule has 1 aliphatic rings. The van der Waals surface area contributed by atoms with Gasteiger partial charge >= 0.3 is 5.97 Å². The number of thiazole rings is 1. The number of aliphatic carboxylic acids is 1. The van der Waals surface area contributed by atoms with E-state index in [4.69, 9.17) is 9.84 Å². The number of aromatic nitrogens is 1. The topological polar surface area (TPSA) is 88.5 Å². The molecule has 0 spiro atoms. The van der Waals surface area contributed by atoms with Gasteiger partial charge in [0.15, 0.2) is 5.13 Å². The second kappa shape index (κ2) is 13.3. The summed E-state index contributed by atoms with van der Waals surface area (Å²) >= 11 is 1.36. The maximum atomic E-state index is 14.6. The van der Waals surface area contributed by atoms with Gasteiger partial charge in [-0.2, -0.15) is 0 Å². The quantitative estimate of drug-likeness (QED) is 0.222. The van der Waals surface area contributed by atoms with Crippen molar-refractivity contribution in [3.63, 3.8) is 0 Å². The van der Waals surface area contributed by atoms with Crippen molar-refractivity contribution >= 4 is 34.4 Å². The molecule has 40 heavy (non-hydrogen) atoms. The molecule has 1 unspecified atom stereocenters. The zero-order valence-electron chi connectivity index (χ0n) is 23.0. The smallest absolute Gasteiger partial charge is 0.331 e. The Morgan fingerprint density at radius 2 is 1.93 bits per heavy atom. The van der Waals surface area contributed by atoms with Crippen LogP contribution >= 0.6 is 11.3 Å². The summed E-state index contributed by atoms with van der Waals surface area (Å²) in [6, 6.07) is 8.04. The highest BCUT2D eigenvalue weighted by molar-refractivity contribution is 7.16. The number of aryl methyl sites for hydroxylation is 2. The number of amides is 1. The summed E-state index contributed by atoms with van der Waals surface area (Å²) < 4.78 is 35.1. The Balaban J connectivity index is 1.51. The van der Waals surface area contributed by atoms with E-state index < -0.39 is 29.1 Å². The van der Waals surface area contributed by atoms with Gasteiger partial charge < -0.3 is 9.84 Å². The van der Waals surface area contributed by atoms with Crippen molar-refractivity contribution in [2.75, 3.05) is 11.9 Å². The zero-order chi connectivity index (χ0) is 28.8. The van der Waals surface area contributed by atoms with E-state index in [9.17, 15) is 18.4 Å². The van der Waals surface area contributed by atoms with Gasteiger partial charge in [-0.3, -0.25) is 10.1 Å². The van der Waals surface area contributed by atoms with Crippen LogP contribution in [0, 0.1) is 11.6 Å². The van der Waals surface area contributed by atoms with E-state index in [2.05, 4.69) is 29.4 Å². The van der Waals surface area contributed by atoms with Crippen LogP contribution in [0.3, 0.4) is 0 Å². The van der Waals surface area contributed by atoms with Crippen molar-refractivity contribution in [3.8, 4) is 11.3 Å². The van der Waals surface area contributed by atoms with E-state index >= 15 is 0 Å². The summed E-state index contributed by atoms with van der Waals surface area (Å²) in [6.07, 6.45) is 8.08. The van der Waals surface area contributed by atoms with Gasteiger partial charge in [0.1, 0.15) is 11.6 Å². The summed E-state index contributed by atoms with van der Waals surface area (Å²) in [5.74, 6) is -4.03. The number of anilines is 1. The maximum absolute atomic E-state index is 14.6. The molecule has 9 heteroatoms. The number of carboxylic acid groups (broad SMARTS) is 1. The molecule has 1 aliphatic carbocycles. The molecule has 0 saturated carbocycles. The Kier molecular flexibility index (Phi) is 9.81. The number of nitrogens with one attached hydrogen (secondary N) is 1. The van der Waals surface area contributed by atoms with Crippen molar-refractivity contribution in [1.29, 1.82) is 0 Å². The number of benzene rings is 2. The molecule has 212 valence electrons. The molecule has 0 fully saturated rings. The number of halogens is 2. The van der Waals surface area contributed by atoms with E-state index in [-0.39, 0.29) is 17.2 Å². The third kappa shape index (κ3) is 6.82. The first kappa shape index (κ1) is 29.6. The minimum Gasteiger partial charge on any atom is -0.478 e. The number of rotatable bonds is 12. The summed E-state index contributed by atoms with van der Waals surface area (Å²) in [5.41, 5.74) is 3.50. The molecule has 2 aromatic carbocycles. The van der Waals surface area contributed by atoms with Gasteiger partial charge in [-0.25, -0.2) is 18.6 Å². The second-order valence-electron chi connectivity index (χ2n) is 9.93. The molecule has 3 aromatic rings. The highest BCUT2D eigenvalue weighted by atomic mass is 32.1. The van der Waals surface area contributed by atoms with Crippen LogP contribution in [0.4, 0.5) is 13.9 Å². The number of carbonyl (C=O) groups is 2. The zero-order valence-corrected chi connectivity index (χ0v) is 23.8. The first-order valence-electron chi connectivity index (χ1n) is 13.7. The molecule has 0 radical (unpaired) electrons. The van der Waals surface area contributed by atoms with Gasteiger partial charge in [0.2, 0.25) is 0 Å². The summed E-state index contributed by atoms with van der Waals surface area (Å²) in [6.45, 7) is 6.17. The summed E-state index contributed by atoms with van der Waals surface area (Å²) in [7, 11) is 0. The Morgan fingerprint density at radius 1 is 1.18 bits per heavy atom. The number of unbranched alkanes of at least 4 members (excludes halogenated alkanes) is 1. The maximum Gasteiger partial charge on any atom is 0.331 e. The first-order valence-corrected chi connectivity index (χ1v) is 14.5. The average Bonchev–Trinajstić information content (AvgIpc) is 3.34. The minimum absolute atomic E-state index is 0.220. The fourth-order valence-electron chi connectivity index (χ4n) is 5.01. The van der Waals surface area contributed by atoms with Gasteiger partial charge in [0.05, 0.1) is 11.8 Å². The number of fused-ring (bicyclic) bond motifs is 3. The van der Waals surface area contributed by atoms with Crippen LogP contribution in [-0.4, -0.2) is 34.7 Å². The standard InChI is InChI=1S/C31H34F2N2O4S/c1-4-6-9-21(39-5-2)12-11-19-8-7-10-23-22(19)13-14-27-28(23)34-31(40-27)35-29(36)20-16-25(32)24(26(33)17-20)15-18(3)30(37)38/h7-8,10,15-17,21H,4-6,9,11-14H2,1-3H3,(H,37,38)(H,34,35,36)/b18-15+. The lowest BCUT2D eigenvalue weighted by Gasteiger charge is -2.21. The van der Waals surface area contributed by atoms with Crippen molar-refractivity contribution in [2.24, 2.45) is 0 Å². The van der Waals surface area contributed by atoms with Crippen LogP contribution in [0.2, 0.25) is 0 Å². The van der Waals surface area contributed by atoms with Crippen molar-refractivity contribution < 1.29 is 28.2 Å². The summed E-state index contributed by atoms with van der Waals surface area (Å²) in [5, 5.41) is 12.0. The largest absolute Gasteiger partial charge is 0.478 e. The number of carboxylic acids is 1. The molecule has 4 rings (SSSR count). The molecule has 0 saturated heterocycles. The van der Waals surface area contributed by atoms with Crippen LogP contribution in [0.1, 0.15) is 78.4 Å². The Bertz CT molecular complexity index is 1410.